The van der Waals surface area contributed by atoms with Crippen LogP contribution in [0.15, 0.2) is 23.9 Å². The maximum absolute atomic E-state index is 11.9. The number of nitrogens with zero attached hydrogens (tertiary/aromatic N) is 2. The molecule has 20 heavy (non-hydrogen) atoms. The first kappa shape index (κ1) is 16.3. The molecule has 0 aromatic carbocycles. The second-order valence-electron chi connectivity index (χ2n) is 6.05. The number of hydrogen-bond acceptors (Lipinski definition) is 4. The number of carbonyl (C=O) groups is 2. The Bertz CT molecular complexity index is 431. The summed E-state index contributed by atoms with van der Waals surface area (Å²) in [4.78, 5) is 27.2. The van der Waals surface area contributed by atoms with Crippen molar-refractivity contribution in [3.63, 3.8) is 0 Å². The molecule has 5 heteroatoms. The maximum atomic E-state index is 11.9. The van der Waals surface area contributed by atoms with Gasteiger partial charge in [-0.1, -0.05) is 6.08 Å². The van der Waals surface area contributed by atoms with Crippen molar-refractivity contribution in [1.29, 1.82) is 0 Å². The fourth-order valence-electron chi connectivity index (χ4n) is 1.71. The number of amides is 1. The molecule has 112 valence electrons. The average Bonchev–Trinajstić information content (AvgIpc) is 2.34. The molecule has 0 bridgehead atoms. The first-order chi connectivity index (χ1) is 9.19. The van der Waals surface area contributed by atoms with Gasteiger partial charge in [0.25, 0.3) is 0 Å². The minimum absolute atomic E-state index is 0.00235. The largest absolute Gasteiger partial charge is 0.444 e. The Kier molecular flexibility index (Phi) is 5.36. The molecule has 0 unspecified atom stereocenters. The molecule has 0 atom stereocenters. The van der Waals surface area contributed by atoms with Gasteiger partial charge in [0.2, 0.25) is 0 Å². The van der Waals surface area contributed by atoms with Gasteiger partial charge in [-0.15, -0.1) is 0 Å². The van der Waals surface area contributed by atoms with Crippen molar-refractivity contribution >= 4 is 11.9 Å². The highest BCUT2D eigenvalue weighted by Crippen LogP contribution is 2.16. The van der Waals surface area contributed by atoms with E-state index in [1.165, 1.54) is 0 Å². The summed E-state index contributed by atoms with van der Waals surface area (Å²) in [6, 6.07) is 0. The first-order valence-electron chi connectivity index (χ1n) is 6.75. The van der Waals surface area contributed by atoms with Gasteiger partial charge in [0, 0.05) is 39.5 Å². The van der Waals surface area contributed by atoms with E-state index in [1.54, 1.807) is 23.3 Å². The van der Waals surface area contributed by atoms with E-state index in [0.717, 1.165) is 5.57 Å². The second kappa shape index (κ2) is 6.59. The smallest absolute Gasteiger partial charge is 0.410 e. The van der Waals surface area contributed by atoms with Crippen LogP contribution in [0.4, 0.5) is 4.79 Å². The van der Waals surface area contributed by atoms with Gasteiger partial charge in [-0.3, -0.25) is 4.79 Å². The van der Waals surface area contributed by atoms with Gasteiger partial charge >= 0.3 is 6.09 Å². The van der Waals surface area contributed by atoms with Gasteiger partial charge in [-0.2, -0.15) is 0 Å². The highest BCUT2D eigenvalue weighted by Gasteiger charge is 2.24. The first-order valence-corrected chi connectivity index (χ1v) is 6.75. The zero-order valence-electron chi connectivity index (χ0n) is 13.0. The third-order valence-corrected chi connectivity index (χ3v) is 2.70. The van der Waals surface area contributed by atoms with E-state index in [0.29, 0.717) is 19.5 Å². The summed E-state index contributed by atoms with van der Waals surface area (Å²) in [7, 11) is 3.73. The molecular formula is C15H24N2O3. The molecule has 0 spiro atoms. The van der Waals surface area contributed by atoms with E-state index in [-0.39, 0.29) is 11.9 Å². The van der Waals surface area contributed by atoms with Gasteiger partial charge in [0.1, 0.15) is 5.60 Å². The number of rotatable bonds is 3. The van der Waals surface area contributed by atoms with Crippen molar-refractivity contribution in [3.8, 4) is 0 Å². The van der Waals surface area contributed by atoms with Crippen molar-refractivity contribution < 1.29 is 14.3 Å². The van der Waals surface area contributed by atoms with E-state index in [1.807, 2.05) is 39.8 Å². The molecule has 1 aliphatic heterocycles. The number of ether oxygens (including phenoxy) is 1. The van der Waals surface area contributed by atoms with Crippen LogP contribution in [0, 0.1) is 0 Å². The molecule has 0 fully saturated rings. The van der Waals surface area contributed by atoms with Crippen LogP contribution in [0.5, 0.6) is 0 Å². The molecule has 0 saturated carbocycles. The lowest BCUT2D eigenvalue weighted by Crippen LogP contribution is -2.39. The molecule has 1 aliphatic rings. The van der Waals surface area contributed by atoms with Crippen molar-refractivity contribution in [2.24, 2.45) is 0 Å². The summed E-state index contributed by atoms with van der Waals surface area (Å²) in [6.07, 6.45) is 5.31. The second-order valence-corrected chi connectivity index (χ2v) is 6.05. The van der Waals surface area contributed by atoms with E-state index in [2.05, 4.69) is 0 Å². The molecule has 0 saturated heterocycles. The monoisotopic (exact) mass is 280 g/mol. The van der Waals surface area contributed by atoms with Gasteiger partial charge in [-0.25, -0.2) is 4.79 Å². The Morgan fingerprint density at radius 3 is 2.45 bits per heavy atom. The normalized spacial score (nSPS) is 16.1. The Morgan fingerprint density at radius 1 is 1.35 bits per heavy atom. The average molecular weight is 280 g/mol. The number of hydrogen-bond donors (Lipinski definition) is 0. The summed E-state index contributed by atoms with van der Waals surface area (Å²) in [5, 5.41) is 0. The molecule has 0 N–H and O–H groups in total. The quantitative estimate of drug-likeness (QED) is 0.744. The zero-order valence-corrected chi connectivity index (χ0v) is 13.0. The predicted octanol–water partition coefficient (Wildman–Crippen LogP) is 2.20. The third kappa shape index (κ3) is 5.47. The van der Waals surface area contributed by atoms with Crippen molar-refractivity contribution in [2.75, 3.05) is 27.2 Å². The van der Waals surface area contributed by atoms with Crippen molar-refractivity contribution in [3.05, 3.63) is 23.9 Å². The fourth-order valence-corrected chi connectivity index (χ4v) is 1.71. The highest BCUT2D eigenvalue weighted by molar-refractivity contribution is 6.04. The Morgan fingerprint density at radius 2 is 2.00 bits per heavy atom. The predicted molar refractivity (Wildman–Crippen MR) is 78.3 cm³/mol. The minimum atomic E-state index is -0.495. The molecule has 5 nitrogen and oxygen atoms in total. The van der Waals surface area contributed by atoms with Crippen LogP contribution in [0.1, 0.15) is 27.2 Å². The van der Waals surface area contributed by atoms with Crippen LogP contribution in [0.3, 0.4) is 0 Å². The van der Waals surface area contributed by atoms with Crippen molar-refractivity contribution in [1.82, 2.24) is 9.80 Å². The lowest BCUT2D eigenvalue weighted by molar-refractivity contribution is -0.111. The molecule has 1 rings (SSSR count). The molecular weight excluding hydrogens is 256 g/mol. The van der Waals surface area contributed by atoms with Crippen LogP contribution in [-0.4, -0.2) is 54.5 Å². The molecule has 0 radical (unpaired) electrons. The molecule has 0 aliphatic carbocycles. The van der Waals surface area contributed by atoms with Crippen LogP contribution >= 0.6 is 0 Å². The van der Waals surface area contributed by atoms with Crippen LogP contribution in [0.25, 0.3) is 0 Å². The Labute approximate surface area is 120 Å². The highest BCUT2D eigenvalue weighted by atomic mass is 16.6. The van der Waals surface area contributed by atoms with Crippen LogP contribution < -0.4 is 0 Å². The van der Waals surface area contributed by atoms with Crippen molar-refractivity contribution in [2.45, 2.75) is 32.8 Å². The Hall–Kier alpha value is -1.78. The summed E-state index contributed by atoms with van der Waals surface area (Å²) in [5.74, 6) is 0.00235. The minimum Gasteiger partial charge on any atom is -0.444 e. The Balaban J connectivity index is 2.57. The molecule has 0 aromatic heterocycles. The summed E-state index contributed by atoms with van der Waals surface area (Å²) >= 11 is 0. The van der Waals surface area contributed by atoms with E-state index in [4.69, 9.17) is 4.74 Å². The zero-order chi connectivity index (χ0) is 15.3. The number of ketones is 1. The van der Waals surface area contributed by atoms with Crippen LogP contribution in [0.2, 0.25) is 0 Å². The van der Waals surface area contributed by atoms with Gasteiger partial charge in [0.05, 0.1) is 0 Å². The number of carbonyl (C=O) groups excluding carboxylic acids is 2. The van der Waals surface area contributed by atoms with Gasteiger partial charge in [-0.05, 0) is 32.8 Å². The van der Waals surface area contributed by atoms with Gasteiger partial charge < -0.3 is 14.5 Å². The standard InChI is InChI=1S/C15H24N2O3/c1-15(2,3)20-14(19)17-10-6-12(7-11-17)13(18)8-9-16(4)5/h6,8-9H,7,10-11H2,1-5H3/b9-8+. The third-order valence-electron chi connectivity index (χ3n) is 2.70. The summed E-state index contributed by atoms with van der Waals surface area (Å²) in [5.41, 5.74) is 0.258. The topological polar surface area (TPSA) is 49.9 Å². The van der Waals surface area contributed by atoms with E-state index in [9.17, 15) is 9.59 Å². The molecule has 1 amide bonds. The van der Waals surface area contributed by atoms with E-state index >= 15 is 0 Å². The fraction of sp³-hybridized carbons (Fsp3) is 0.600. The lowest BCUT2D eigenvalue weighted by Gasteiger charge is -2.29. The summed E-state index contributed by atoms with van der Waals surface area (Å²) < 4.78 is 5.30. The number of allylic oxidation sites excluding steroid dienone is 1. The summed E-state index contributed by atoms with van der Waals surface area (Å²) in [6.45, 7) is 6.46. The SMILES string of the molecule is CN(C)/C=C/C(=O)C1=CCN(C(=O)OC(C)(C)C)CC1. The maximum Gasteiger partial charge on any atom is 0.410 e. The molecule has 0 aromatic rings. The van der Waals surface area contributed by atoms with Crippen LogP contribution in [-0.2, 0) is 9.53 Å². The van der Waals surface area contributed by atoms with E-state index < -0.39 is 5.60 Å². The van der Waals surface area contributed by atoms with Gasteiger partial charge in [0.15, 0.2) is 5.78 Å². The lowest BCUT2D eigenvalue weighted by atomic mass is 10.0. The molecule has 1 heterocycles.